The monoisotopic (exact) mass is 310 g/mol. The summed E-state index contributed by atoms with van der Waals surface area (Å²) in [7, 11) is 0. The second-order valence-corrected chi connectivity index (χ2v) is 6.94. The lowest BCUT2D eigenvalue weighted by Crippen LogP contribution is -2.40. The fourth-order valence-corrected chi connectivity index (χ4v) is 4.73. The van der Waals surface area contributed by atoms with Gasteiger partial charge in [0, 0.05) is 0 Å². The number of imide groups is 1. The van der Waals surface area contributed by atoms with Crippen molar-refractivity contribution in [3.05, 3.63) is 47.8 Å². The Kier molecular flexibility index (Phi) is 2.50. The highest BCUT2D eigenvalue weighted by Gasteiger charge is 2.67. The molecule has 0 spiro atoms. The molecule has 116 valence electrons. The third-order valence-electron chi connectivity index (χ3n) is 5.83. The molecule has 0 radical (unpaired) electrons. The van der Waals surface area contributed by atoms with Crippen molar-refractivity contribution in [1.29, 1.82) is 0 Å². The van der Waals surface area contributed by atoms with Crippen LogP contribution in [0.5, 0.6) is 0 Å². The Bertz CT molecular complexity index is 734. The number of carbonyl (C=O) groups excluding carboxylic acids is 2. The average Bonchev–Trinajstić information content (AvgIpc) is 3.33. The van der Waals surface area contributed by atoms with Crippen LogP contribution in [0.25, 0.3) is 0 Å². The molecule has 2 saturated carbocycles. The second-order valence-electron chi connectivity index (χ2n) is 6.94. The summed E-state index contributed by atoms with van der Waals surface area (Å²) in [4.78, 5) is 25.4. The maximum absolute atomic E-state index is 12.9. The molecule has 6 unspecified atom stereocenters. The van der Waals surface area contributed by atoms with Crippen LogP contribution in [0.1, 0.15) is 12.0 Å². The zero-order chi connectivity index (χ0) is 15.7. The molecular formula is C18H15FN2O2. The van der Waals surface area contributed by atoms with Crippen LogP contribution >= 0.6 is 0 Å². The summed E-state index contributed by atoms with van der Waals surface area (Å²) in [5, 5.41) is 5.14. The van der Waals surface area contributed by atoms with Crippen molar-refractivity contribution in [3.8, 4) is 0 Å². The van der Waals surface area contributed by atoms with Crippen LogP contribution in [0.3, 0.4) is 0 Å². The van der Waals surface area contributed by atoms with Crippen LogP contribution in [-0.2, 0) is 9.59 Å². The molecule has 0 aromatic heterocycles. The van der Waals surface area contributed by atoms with E-state index in [1.807, 2.05) is 0 Å². The van der Waals surface area contributed by atoms with E-state index in [1.54, 1.807) is 12.1 Å². The third-order valence-corrected chi connectivity index (χ3v) is 5.83. The number of rotatable bonds is 2. The van der Waals surface area contributed by atoms with E-state index in [0.29, 0.717) is 17.4 Å². The number of carbonyl (C=O) groups is 2. The van der Waals surface area contributed by atoms with Gasteiger partial charge in [0.2, 0.25) is 0 Å². The number of hydrogen-bond acceptors (Lipinski definition) is 3. The molecule has 23 heavy (non-hydrogen) atoms. The van der Waals surface area contributed by atoms with Crippen LogP contribution in [0.15, 0.2) is 41.5 Å². The standard InChI is InChI=1S/C18H15FN2O2/c19-10-3-1-9(2-4-10)8-20-21-17(22)15-11-5-6-12(14-7-13(11)14)16(15)18(21)23/h1-6,8,11-16H,7H2. The van der Waals surface area contributed by atoms with Gasteiger partial charge in [0.05, 0.1) is 18.1 Å². The van der Waals surface area contributed by atoms with E-state index < -0.39 is 0 Å². The highest BCUT2D eigenvalue weighted by atomic mass is 19.1. The summed E-state index contributed by atoms with van der Waals surface area (Å²) < 4.78 is 12.9. The number of hydrogen-bond donors (Lipinski definition) is 0. The minimum absolute atomic E-state index is 0.178. The molecular weight excluding hydrogens is 295 g/mol. The highest BCUT2D eigenvalue weighted by Crippen LogP contribution is 2.65. The first-order valence-corrected chi connectivity index (χ1v) is 8.01. The Labute approximate surface area is 132 Å². The molecule has 2 bridgehead atoms. The molecule has 1 aromatic rings. The van der Waals surface area contributed by atoms with E-state index >= 15 is 0 Å². The molecule has 2 amide bonds. The first kappa shape index (κ1) is 13.2. The third kappa shape index (κ3) is 1.73. The minimum atomic E-state index is -0.330. The lowest BCUT2D eigenvalue weighted by molar-refractivity contribution is -0.140. The average molecular weight is 310 g/mol. The molecule has 5 heteroatoms. The zero-order valence-electron chi connectivity index (χ0n) is 12.3. The van der Waals surface area contributed by atoms with Gasteiger partial charge >= 0.3 is 0 Å². The Morgan fingerprint density at radius 2 is 1.57 bits per heavy atom. The molecule has 3 fully saturated rings. The van der Waals surface area contributed by atoms with Crippen molar-refractivity contribution >= 4 is 18.0 Å². The summed E-state index contributed by atoms with van der Waals surface area (Å²) in [5.74, 6) is 0.440. The summed E-state index contributed by atoms with van der Waals surface area (Å²) >= 11 is 0. The van der Waals surface area contributed by atoms with Crippen LogP contribution in [0.2, 0.25) is 0 Å². The van der Waals surface area contributed by atoms with Crippen LogP contribution in [-0.4, -0.2) is 23.0 Å². The SMILES string of the molecule is O=C1C2C3C=CC(C4CC34)C2C(=O)N1N=Cc1ccc(F)cc1. The second kappa shape index (κ2) is 4.37. The van der Waals surface area contributed by atoms with E-state index in [4.69, 9.17) is 0 Å². The van der Waals surface area contributed by atoms with E-state index in [2.05, 4.69) is 17.3 Å². The Hall–Kier alpha value is -2.30. The predicted octanol–water partition coefficient (Wildman–Crippen LogP) is 2.21. The normalized spacial score (nSPS) is 40.0. The summed E-state index contributed by atoms with van der Waals surface area (Å²) in [6.45, 7) is 0. The van der Waals surface area contributed by atoms with Gasteiger partial charge in [-0.05, 0) is 47.8 Å². The smallest absolute Gasteiger partial charge is 0.254 e. The number of hydrazone groups is 1. The first-order chi connectivity index (χ1) is 11.1. The van der Waals surface area contributed by atoms with Crippen molar-refractivity contribution in [3.63, 3.8) is 0 Å². The largest absolute Gasteiger partial charge is 0.272 e. The van der Waals surface area contributed by atoms with Gasteiger partial charge in [0.1, 0.15) is 5.82 Å². The van der Waals surface area contributed by atoms with E-state index in [9.17, 15) is 14.0 Å². The molecule has 6 rings (SSSR count). The molecule has 5 aliphatic rings. The molecule has 1 saturated heterocycles. The fraction of sp³-hybridized carbons (Fsp3) is 0.389. The van der Waals surface area contributed by atoms with E-state index in [0.717, 1.165) is 11.4 Å². The number of allylic oxidation sites excluding steroid dienone is 2. The Morgan fingerprint density at radius 3 is 2.13 bits per heavy atom. The Morgan fingerprint density at radius 1 is 1.00 bits per heavy atom. The number of nitrogens with zero attached hydrogens (tertiary/aromatic N) is 2. The van der Waals surface area contributed by atoms with Gasteiger partial charge in [-0.2, -0.15) is 10.1 Å². The van der Waals surface area contributed by atoms with Crippen molar-refractivity contribution in [2.75, 3.05) is 0 Å². The molecule has 1 aliphatic heterocycles. The van der Waals surface area contributed by atoms with Crippen LogP contribution in [0, 0.1) is 41.3 Å². The number of benzene rings is 1. The van der Waals surface area contributed by atoms with Crippen molar-refractivity contribution in [2.45, 2.75) is 6.42 Å². The summed E-state index contributed by atoms with van der Waals surface area (Å²) in [5.41, 5.74) is 0.658. The summed E-state index contributed by atoms with van der Waals surface area (Å²) in [6, 6.07) is 5.79. The maximum atomic E-state index is 12.9. The van der Waals surface area contributed by atoms with Gasteiger partial charge in [-0.3, -0.25) is 9.59 Å². The van der Waals surface area contributed by atoms with Crippen LogP contribution < -0.4 is 0 Å². The van der Waals surface area contributed by atoms with Gasteiger partial charge in [0.25, 0.3) is 11.8 Å². The summed E-state index contributed by atoms with van der Waals surface area (Å²) in [6.07, 6.45) is 6.87. The molecule has 1 heterocycles. The lowest BCUT2D eigenvalue weighted by Gasteiger charge is -2.37. The topological polar surface area (TPSA) is 49.7 Å². The van der Waals surface area contributed by atoms with Crippen molar-refractivity contribution in [2.24, 2.45) is 40.6 Å². The van der Waals surface area contributed by atoms with Crippen molar-refractivity contribution < 1.29 is 14.0 Å². The number of halogens is 1. The predicted molar refractivity (Wildman–Crippen MR) is 80.5 cm³/mol. The quantitative estimate of drug-likeness (QED) is 0.478. The molecule has 6 atom stereocenters. The van der Waals surface area contributed by atoms with E-state index in [-0.39, 0.29) is 41.3 Å². The van der Waals surface area contributed by atoms with E-state index in [1.165, 1.54) is 18.3 Å². The van der Waals surface area contributed by atoms with Gasteiger partial charge in [0.15, 0.2) is 0 Å². The maximum Gasteiger partial charge on any atom is 0.254 e. The van der Waals surface area contributed by atoms with Crippen LogP contribution in [0.4, 0.5) is 4.39 Å². The fourth-order valence-electron chi connectivity index (χ4n) is 4.73. The molecule has 0 N–H and O–H groups in total. The van der Waals surface area contributed by atoms with Gasteiger partial charge < -0.3 is 0 Å². The van der Waals surface area contributed by atoms with Gasteiger partial charge in [-0.1, -0.05) is 24.3 Å². The van der Waals surface area contributed by atoms with Gasteiger partial charge in [-0.25, -0.2) is 4.39 Å². The molecule has 4 nitrogen and oxygen atoms in total. The molecule has 1 aromatic carbocycles. The minimum Gasteiger partial charge on any atom is -0.272 e. The lowest BCUT2D eigenvalue weighted by atomic mass is 9.63. The molecule has 4 aliphatic carbocycles. The van der Waals surface area contributed by atoms with Crippen molar-refractivity contribution in [1.82, 2.24) is 5.01 Å². The Balaban J connectivity index is 1.44. The van der Waals surface area contributed by atoms with Gasteiger partial charge in [-0.15, -0.1) is 0 Å². The first-order valence-electron chi connectivity index (χ1n) is 8.01. The number of amides is 2. The zero-order valence-corrected chi connectivity index (χ0v) is 12.3. The highest BCUT2D eigenvalue weighted by molar-refractivity contribution is 6.06.